The second-order valence-electron chi connectivity index (χ2n) is 5.75. The van der Waals surface area contributed by atoms with Crippen LogP contribution < -0.4 is 4.72 Å². The Labute approximate surface area is 159 Å². The van der Waals surface area contributed by atoms with Gasteiger partial charge >= 0.3 is 10.2 Å². The van der Waals surface area contributed by atoms with E-state index in [4.69, 9.17) is 34.8 Å². The lowest BCUT2D eigenvalue weighted by Gasteiger charge is -2.30. The molecular formula is C16H12Cl3N3O2S. The zero-order valence-corrected chi connectivity index (χ0v) is 15.8. The molecule has 1 aliphatic rings. The summed E-state index contributed by atoms with van der Waals surface area (Å²) >= 11 is 18.6. The van der Waals surface area contributed by atoms with E-state index < -0.39 is 10.2 Å². The Morgan fingerprint density at radius 1 is 1.08 bits per heavy atom. The van der Waals surface area contributed by atoms with Crippen molar-refractivity contribution in [1.82, 2.24) is 9.29 Å². The Morgan fingerprint density at radius 2 is 1.84 bits per heavy atom. The normalized spacial score (nSPS) is 16.6. The van der Waals surface area contributed by atoms with Crippen LogP contribution in [-0.4, -0.2) is 17.7 Å². The van der Waals surface area contributed by atoms with Crippen molar-refractivity contribution in [2.24, 2.45) is 0 Å². The van der Waals surface area contributed by atoms with Gasteiger partial charge in [0.05, 0.1) is 21.2 Å². The highest BCUT2D eigenvalue weighted by atomic mass is 35.5. The number of rotatable bonds is 2. The van der Waals surface area contributed by atoms with E-state index in [9.17, 15) is 8.42 Å². The van der Waals surface area contributed by atoms with E-state index in [1.54, 1.807) is 30.5 Å². The minimum Gasteiger partial charge on any atom is -0.358 e. The number of nitrogens with one attached hydrogen (secondary N) is 2. The highest BCUT2D eigenvalue weighted by Crippen LogP contribution is 2.40. The number of halogens is 3. The van der Waals surface area contributed by atoms with Gasteiger partial charge in [-0.25, -0.2) is 0 Å². The standard InChI is InChI=1S/C16H12Cl3N3O2S/c17-11-4-2-1-3-9(11)7-22-8-10-5-12(18)14-13(19)6-20-16(14)15(10)21-25(22,23)24/h1-6,20-21H,7-8H2. The summed E-state index contributed by atoms with van der Waals surface area (Å²) in [6.45, 7) is 0.345. The van der Waals surface area contributed by atoms with Gasteiger partial charge in [0.1, 0.15) is 0 Å². The number of H-pyrrole nitrogens is 1. The number of anilines is 1. The summed E-state index contributed by atoms with van der Waals surface area (Å²) in [5.41, 5.74) is 2.54. The first-order valence-corrected chi connectivity index (χ1v) is 9.93. The quantitative estimate of drug-likeness (QED) is 0.630. The molecule has 0 radical (unpaired) electrons. The maximum absolute atomic E-state index is 12.7. The number of hydrogen-bond acceptors (Lipinski definition) is 2. The van der Waals surface area contributed by atoms with Gasteiger partial charge in [0.25, 0.3) is 0 Å². The molecule has 1 aliphatic heterocycles. The van der Waals surface area contributed by atoms with E-state index in [2.05, 4.69) is 9.71 Å². The SMILES string of the molecule is O=S1(=O)Nc2c(cc(Cl)c3c(Cl)c[nH]c23)CN1Cc1ccccc1Cl. The van der Waals surface area contributed by atoms with Crippen molar-refractivity contribution < 1.29 is 8.42 Å². The Morgan fingerprint density at radius 3 is 2.60 bits per heavy atom. The Bertz CT molecular complexity index is 1100. The molecule has 25 heavy (non-hydrogen) atoms. The zero-order chi connectivity index (χ0) is 17.8. The molecule has 0 fully saturated rings. The molecule has 0 spiro atoms. The lowest BCUT2D eigenvalue weighted by Crippen LogP contribution is -2.39. The molecule has 0 saturated carbocycles. The summed E-state index contributed by atoms with van der Waals surface area (Å²) in [6, 6.07) is 8.89. The van der Waals surface area contributed by atoms with Crippen molar-refractivity contribution in [2.45, 2.75) is 13.1 Å². The Kier molecular flexibility index (Phi) is 4.13. The zero-order valence-electron chi connectivity index (χ0n) is 12.7. The minimum absolute atomic E-state index is 0.162. The third-order valence-corrected chi connectivity index (χ3v) is 6.53. The first-order valence-electron chi connectivity index (χ1n) is 7.36. The molecule has 4 rings (SSSR count). The average molecular weight is 417 g/mol. The second kappa shape index (κ2) is 6.07. The van der Waals surface area contributed by atoms with Gasteiger partial charge in [-0.1, -0.05) is 53.0 Å². The lowest BCUT2D eigenvalue weighted by molar-refractivity contribution is 0.400. The smallest absolute Gasteiger partial charge is 0.302 e. The monoisotopic (exact) mass is 415 g/mol. The molecular weight excluding hydrogens is 405 g/mol. The Hall–Kier alpha value is -1.44. The lowest BCUT2D eigenvalue weighted by atomic mass is 10.1. The van der Waals surface area contributed by atoms with Crippen LogP contribution in [0.25, 0.3) is 10.9 Å². The first kappa shape index (κ1) is 17.0. The van der Waals surface area contributed by atoms with Gasteiger partial charge in [-0.2, -0.15) is 12.7 Å². The van der Waals surface area contributed by atoms with Gasteiger partial charge in [-0.3, -0.25) is 4.72 Å². The van der Waals surface area contributed by atoms with Crippen molar-refractivity contribution in [3.63, 3.8) is 0 Å². The molecule has 9 heteroatoms. The van der Waals surface area contributed by atoms with E-state index in [1.807, 2.05) is 6.07 Å². The van der Waals surface area contributed by atoms with Crippen LogP contribution in [0.15, 0.2) is 36.5 Å². The van der Waals surface area contributed by atoms with Crippen molar-refractivity contribution in [2.75, 3.05) is 4.72 Å². The molecule has 0 saturated heterocycles. The molecule has 0 bridgehead atoms. The fourth-order valence-corrected chi connectivity index (χ4v) is 5.02. The summed E-state index contributed by atoms with van der Waals surface area (Å²) in [7, 11) is -3.73. The topological polar surface area (TPSA) is 65.2 Å². The number of hydrogen-bond donors (Lipinski definition) is 2. The first-order chi connectivity index (χ1) is 11.9. The van der Waals surface area contributed by atoms with Crippen molar-refractivity contribution in [3.05, 3.63) is 62.7 Å². The molecule has 2 aromatic carbocycles. The third-order valence-electron chi connectivity index (χ3n) is 4.17. The van der Waals surface area contributed by atoms with Crippen molar-refractivity contribution >= 4 is 61.6 Å². The van der Waals surface area contributed by atoms with Crippen LogP contribution in [0.2, 0.25) is 15.1 Å². The van der Waals surface area contributed by atoms with Crippen LogP contribution in [0.4, 0.5) is 5.69 Å². The van der Waals surface area contributed by atoms with Gasteiger partial charge < -0.3 is 4.98 Å². The van der Waals surface area contributed by atoms with E-state index in [0.29, 0.717) is 31.7 Å². The predicted molar refractivity (Wildman–Crippen MR) is 102 cm³/mol. The summed E-state index contributed by atoms with van der Waals surface area (Å²) < 4.78 is 29.3. The average Bonchev–Trinajstić information content (AvgIpc) is 2.94. The van der Waals surface area contributed by atoms with Crippen LogP contribution in [-0.2, 0) is 23.3 Å². The van der Waals surface area contributed by atoms with Gasteiger partial charge in [0, 0.05) is 29.7 Å². The van der Waals surface area contributed by atoms with E-state index in [1.165, 1.54) is 4.31 Å². The fraction of sp³-hybridized carbons (Fsp3) is 0.125. The highest BCUT2D eigenvalue weighted by Gasteiger charge is 2.32. The molecule has 2 heterocycles. The van der Waals surface area contributed by atoms with Gasteiger partial charge in [-0.05, 0) is 23.3 Å². The largest absolute Gasteiger partial charge is 0.358 e. The number of aromatic nitrogens is 1. The van der Waals surface area contributed by atoms with Gasteiger partial charge in [0.2, 0.25) is 0 Å². The second-order valence-corrected chi connectivity index (χ2v) is 8.64. The van der Waals surface area contributed by atoms with E-state index in [-0.39, 0.29) is 13.1 Å². The molecule has 0 atom stereocenters. The molecule has 5 nitrogen and oxygen atoms in total. The molecule has 130 valence electrons. The van der Waals surface area contributed by atoms with E-state index in [0.717, 1.165) is 11.1 Å². The van der Waals surface area contributed by atoms with Gasteiger partial charge in [-0.15, -0.1) is 0 Å². The van der Waals surface area contributed by atoms with Crippen LogP contribution in [0.1, 0.15) is 11.1 Å². The molecule has 2 N–H and O–H groups in total. The molecule has 0 amide bonds. The fourth-order valence-electron chi connectivity index (χ4n) is 2.96. The van der Waals surface area contributed by atoms with Gasteiger partial charge in [0.15, 0.2) is 0 Å². The summed E-state index contributed by atoms with van der Waals surface area (Å²) in [4.78, 5) is 2.99. The van der Waals surface area contributed by atoms with Crippen LogP contribution >= 0.6 is 34.8 Å². The maximum atomic E-state index is 12.7. The highest BCUT2D eigenvalue weighted by molar-refractivity contribution is 7.90. The summed E-state index contributed by atoms with van der Waals surface area (Å²) in [5, 5.41) is 2.04. The third kappa shape index (κ3) is 2.88. The van der Waals surface area contributed by atoms with E-state index >= 15 is 0 Å². The number of nitrogens with zero attached hydrogens (tertiary/aromatic N) is 1. The molecule has 3 aromatic rings. The Balaban J connectivity index is 1.79. The van der Waals surface area contributed by atoms with Crippen molar-refractivity contribution in [1.29, 1.82) is 0 Å². The predicted octanol–water partition coefficient (Wildman–Crippen LogP) is 4.80. The van der Waals surface area contributed by atoms with Crippen LogP contribution in [0, 0.1) is 0 Å². The number of benzene rings is 2. The van der Waals surface area contributed by atoms with Crippen molar-refractivity contribution in [3.8, 4) is 0 Å². The summed E-state index contributed by atoms with van der Waals surface area (Å²) in [6.07, 6.45) is 1.59. The van der Waals surface area contributed by atoms with Crippen LogP contribution in [0.5, 0.6) is 0 Å². The number of fused-ring (bicyclic) bond motifs is 3. The molecule has 0 aliphatic carbocycles. The molecule has 1 aromatic heterocycles. The number of aromatic amines is 1. The minimum atomic E-state index is -3.73. The maximum Gasteiger partial charge on any atom is 0.302 e. The van der Waals surface area contributed by atoms with Crippen LogP contribution in [0.3, 0.4) is 0 Å². The molecule has 0 unspecified atom stereocenters. The summed E-state index contributed by atoms with van der Waals surface area (Å²) in [5.74, 6) is 0.